The van der Waals surface area contributed by atoms with Gasteiger partial charge in [0, 0.05) is 11.1 Å². The molecule has 1 aromatic heterocycles. The number of para-hydroxylation sites is 1. The summed E-state index contributed by atoms with van der Waals surface area (Å²) in [5, 5.41) is 10.1. The topological polar surface area (TPSA) is 57.0 Å². The van der Waals surface area contributed by atoms with Gasteiger partial charge in [0.25, 0.3) is 0 Å². The number of nitrogens with zero attached hydrogens (tertiary/aromatic N) is 3. The van der Waals surface area contributed by atoms with Gasteiger partial charge in [-0.15, -0.1) is 10.2 Å². The van der Waals surface area contributed by atoms with Gasteiger partial charge < -0.3 is 4.74 Å². The fourth-order valence-corrected chi connectivity index (χ4v) is 6.98. The highest BCUT2D eigenvalue weighted by Crippen LogP contribution is 2.60. The third-order valence-electron chi connectivity index (χ3n) is 6.78. The third-order valence-corrected chi connectivity index (χ3v) is 7.69. The van der Waals surface area contributed by atoms with Crippen LogP contribution in [0.25, 0.3) is 5.69 Å². The highest BCUT2D eigenvalue weighted by Gasteiger charge is 2.54. The molecule has 0 spiro atoms. The zero-order chi connectivity index (χ0) is 19.1. The van der Waals surface area contributed by atoms with Crippen LogP contribution in [0.2, 0.25) is 0 Å². The largest absolute Gasteiger partial charge is 0.465 e. The molecule has 28 heavy (non-hydrogen) atoms. The van der Waals surface area contributed by atoms with Gasteiger partial charge in [0.05, 0.1) is 12.4 Å². The van der Waals surface area contributed by atoms with Crippen LogP contribution in [0.5, 0.6) is 0 Å². The van der Waals surface area contributed by atoms with Gasteiger partial charge in [-0.1, -0.05) is 30.0 Å². The quantitative estimate of drug-likeness (QED) is 0.534. The van der Waals surface area contributed by atoms with Gasteiger partial charge in [0.15, 0.2) is 5.16 Å². The van der Waals surface area contributed by atoms with Crippen molar-refractivity contribution in [2.24, 2.45) is 17.8 Å². The number of ether oxygens (including phenoxy) is 1. The van der Waals surface area contributed by atoms with Crippen LogP contribution in [-0.4, -0.2) is 33.1 Å². The molecule has 0 aliphatic heterocycles. The smallest absolute Gasteiger partial charge is 0.316 e. The number of hydrogen-bond acceptors (Lipinski definition) is 5. The Labute approximate surface area is 170 Å². The molecule has 4 saturated carbocycles. The Morgan fingerprint density at radius 3 is 2.36 bits per heavy atom. The highest BCUT2D eigenvalue weighted by molar-refractivity contribution is 7.99. The molecule has 0 radical (unpaired) electrons. The second-order valence-electron chi connectivity index (χ2n) is 8.77. The van der Waals surface area contributed by atoms with Crippen LogP contribution in [0.15, 0.2) is 35.5 Å². The second-order valence-corrected chi connectivity index (χ2v) is 9.71. The van der Waals surface area contributed by atoms with E-state index in [0.717, 1.165) is 34.4 Å². The lowest BCUT2D eigenvalue weighted by Gasteiger charge is -2.56. The van der Waals surface area contributed by atoms with E-state index in [1.165, 1.54) is 50.3 Å². The molecule has 1 aromatic carbocycles. The number of rotatable bonds is 6. The minimum Gasteiger partial charge on any atom is -0.465 e. The Bertz CT molecular complexity index is 829. The van der Waals surface area contributed by atoms with Crippen molar-refractivity contribution in [2.75, 3.05) is 12.4 Å². The number of thioether (sulfide) groups is 1. The van der Waals surface area contributed by atoms with E-state index >= 15 is 0 Å². The first kappa shape index (κ1) is 18.2. The van der Waals surface area contributed by atoms with Crippen molar-refractivity contribution in [3.05, 3.63) is 36.2 Å². The molecule has 1 heterocycles. The molecule has 4 aliphatic carbocycles. The van der Waals surface area contributed by atoms with Crippen molar-refractivity contribution < 1.29 is 9.53 Å². The Kier molecular flexibility index (Phi) is 4.69. The fourth-order valence-electron chi connectivity index (χ4n) is 6.23. The first-order valence-corrected chi connectivity index (χ1v) is 11.4. The van der Waals surface area contributed by atoms with E-state index in [2.05, 4.69) is 33.9 Å². The number of benzene rings is 1. The van der Waals surface area contributed by atoms with E-state index in [9.17, 15) is 4.79 Å². The molecule has 6 rings (SSSR count). The number of carbonyl (C=O) groups is 1. The molecule has 5 nitrogen and oxygen atoms in total. The summed E-state index contributed by atoms with van der Waals surface area (Å²) in [7, 11) is 0. The molecular formula is C22H27N3O2S. The van der Waals surface area contributed by atoms with E-state index in [0.29, 0.717) is 6.61 Å². The van der Waals surface area contributed by atoms with Crippen LogP contribution in [0.3, 0.4) is 0 Å². The summed E-state index contributed by atoms with van der Waals surface area (Å²) in [6, 6.07) is 10.4. The van der Waals surface area contributed by atoms with Crippen LogP contribution in [0, 0.1) is 17.8 Å². The molecular weight excluding hydrogens is 370 g/mol. The molecule has 4 fully saturated rings. The Balaban J connectivity index is 1.52. The molecule has 148 valence electrons. The van der Waals surface area contributed by atoms with Crippen LogP contribution in [-0.2, 0) is 14.9 Å². The van der Waals surface area contributed by atoms with Crippen molar-refractivity contribution >= 4 is 17.7 Å². The van der Waals surface area contributed by atoms with Gasteiger partial charge in [-0.25, -0.2) is 0 Å². The highest BCUT2D eigenvalue weighted by atomic mass is 32.2. The van der Waals surface area contributed by atoms with Crippen molar-refractivity contribution in [3.63, 3.8) is 0 Å². The van der Waals surface area contributed by atoms with Gasteiger partial charge in [-0.3, -0.25) is 9.36 Å². The summed E-state index contributed by atoms with van der Waals surface area (Å²) in [6.45, 7) is 2.24. The number of hydrogen-bond donors (Lipinski definition) is 0. The van der Waals surface area contributed by atoms with Crippen LogP contribution < -0.4 is 0 Å². The van der Waals surface area contributed by atoms with Crippen molar-refractivity contribution in [3.8, 4) is 5.69 Å². The maximum atomic E-state index is 11.9. The molecule has 0 atom stereocenters. The molecule has 0 saturated heterocycles. The molecule has 4 bridgehead atoms. The zero-order valence-electron chi connectivity index (χ0n) is 16.3. The molecule has 0 N–H and O–H groups in total. The standard InChI is InChI=1S/C22H27N3O2S/c1-2-27-19(26)14-28-21-24-23-20(25(21)18-6-4-3-5-7-18)22-11-15-8-16(12-22)10-17(9-15)13-22/h3-7,15-17H,2,8-14H2,1H3. The molecule has 4 aliphatic rings. The Morgan fingerprint density at radius 1 is 1.11 bits per heavy atom. The lowest BCUT2D eigenvalue weighted by atomic mass is 9.49. The van der Waals surface area contributed by atoms with Crippen LogP contribution in [0.4, 0.5) is 0 Å². The lowest BCUT2D eigenvalue weighted by molar-refractivity contribution is -0.139. The van der Waals surface area contributed by atoms with Gasteiger partial charge >= 0.3 is 5.97 Å². The summed E-state index contributed by atoms with van der Waals surface area (Å²) in [5.41, 5.74) is 1.24. The monoisotopic (exact) mass is 397 g/mol. The van der Waals surface area contributed by atoms with Gasteiger partial charge in [0.2, 0.25) is 0 Å². The zero-order valence-corrected chi connectivity index (χ0v) is 17.2. The van der Waals surface area contributed by atoms with E-state index < -0.39 is 0 Å². The maximum Gasteiger partial charge on any atom is 0.316 e. The molecule has 0 amide bonds. The maximum absolute atomic E-state index is 11.9. The summed E-state index contributed by atoms with van der Waals surface area (Å²) in [5.74, 6) is 3.73. The Hall–Kier alpha value is -1.82. The van der Waals surface area contributed by atoms with E-state index in [-0.39, 0.29) is 17.1 Å². The van der Waals surface area contributed by atoms with Crippen molar-refractivity contribution in [1.82, 2.24) is 14.8 Å². The third kappa shape index (κ3) is 3.15. The average molecular weight is 398 g/mol. The van der Waals surface area contributed by atoms with Gasteiger partial charge in [-0.2, -0.15) is 0 Å². The summed E-state index contributed by atoms with van der Waals surface area (Å²) >= 11 is 1.43. The van der Waals surface area contributed by atoms with E-state index in [4.69, 9.17) is 9.84 Å². The summed E-state index contributed by atoms with van der Waals surface area (Å²) < 4.78 is 7.32. The lowest BCUT2D eigenvalue weighted by Crippen LogP contribution is -2.49. The van der Waals surface area contributed by atoms with Gasteiger partial charge in [-0.05, 0) is 75.3 Å². The minimum atomic E-state index is -0.202. The second kappa shape index (κ2) is 7.21. The number of aromatic nitrogens is 3. The number of carbonyl (C=O) groups excluding carboxylic acids is 1. The van der Waals surface area contributed by atoms with Crippen molar-refractivity contribution in [1.29, 1.82) is 0 Å². The fraction of sp³-hybridized carbons (Fsp3) is 0.591. The average Bonchev–Trinajstić information content (AvgIpc) is 3.11. The van der Waals surface area contributed by atoms with Crippen LogP contribution in [0.1, 0.15) is 51.3 Å². The van der Waals surface area contributed by atoms with E-state index in [1.54, 1.807) is 0 Å². The first-order valence-electron chi connectivity index (χ1n) is 10.5. The molecule has 2 aromatic rings. The SMILES string of the molecule is CCOC(=O)CSc1nnc(C23CC4CC(CC(C4)C2)C3)n1-c1ccccc1. The van der Waals surface area contributed by atoms with Crippen molar-refractivity contribution in [2.45, 2.75) is 56.0 Å². The number of esters is 1. The van der Waals surface area contributed by atoms with Crippen LogP contribution >= 0.6 is 11.8 Å². The first-order chi connectivity index (χ1) is 13.7. The normalized spacial score (nSPS) is 30.5. The minimum absolute atomic E-state index is 0.153. The molecule has 0 unspecified atom stereocenters. The molecule has 6 heteroatoms. The summed E-state index contributed by atoms with van der Waals surface area (Å²) in [4.78, 5) is 11.9. The predicted octanol–water partition coefficient (Wildman–Crippen LogP) is 4.39. The van der Waals surface area contributed by atoms with E-state index in [1.807, 2.05) is 13.0 Å². The predicted molar refractivity (Wildman–Crippen MR) is 109 cm³/mol. The summed E-state index contributed by atoms with van der Waals surface area (Å²) in [6.07, 6.45) is 7.95. The Morgan fingerprint density at radius 2 is 1.75 bits per heavy atom. The van der Waals surface area contributed by atoms with Gasteiger partial charge in [0.1, 0.15) is 5.82 Å².